The standard InChI is InChI=1S/C16H23N3O2S/c1-17(2)15(20)11-19-6-5-12-8-18(10-14(12)16(19)21)9-13-4-3-7-22-13/h3-4,7,12,14H,5-6,8-11H2,1-2H3. The highest BCUT2D eigenvalue weighted by Gasteiger charge is 2.43. The zero-order chi connectivity index (χ0) is 15.7. The molecule has 0 radical (unpaired) electrons. The van der Waals surface area contributed by atoms with E-state index in [1.807, 2.05) is 0 Å². The fourth-order valence-corrected chi connectivity index (χ4v) is 4.16. The minimum absolute atomic E-state index is 0.000221. The van der Waals surface area contributed by atoms with Crippen molar-refractivity contribution >= 4 is 23.2 Å². The predicted molar refractivity (Wildman–Crippen MR) is 86.5 cm³/mol. The molecule has 0 bridgehead atoms. The highest BCUT2D eigenvalue weighted by atomic mass is 32.1. The number of rotatable bonds is 4. The molecule has 3 rings (SSSR count). The molecule has 0 N–H and O–H groups in total. The summed E-state index contributed by atoms with van der Waals surface area (Å²) in [4.78, 5) is 31.5. The van der Waals surface area contributed by atoms with Crippen molar-refractivity contribution in [3.05, 3.63) is 22.4 Å². The van der Waals surface area contributed by atoms with Crippen LogP contribution in [0.4, 0.5) is 0 Å². The SMILES string of the molecule is CN(C)C(=O)CN1CCC2CN(Cc3cccs3)CC2C1=O. The van der Waals surface area contributed by atoms with E-state index in [2.05, 4.69) is 22.4 Å². The smallest absolute Gasteiger partial charge is 0.241 e. The van der Waals surface area contributed by atoms with Crippen LogP contribution in [0, 0.1) is 11.8 Å². The Morgan fingerprint density at radius 3 is 2.91 bits per heavy atom. The van der Waals surface area contributed by atoms with Crippen molar-refractivity contribution in [2.45, 2.75) is 13.0 Å². The summed E-state index contributed by atoms with van der Waals surface area (Å²) >= 11 is 1.77. The van der Waals surface area contributed by atoms with E-state index >= 15 is 0 Å². The van der Waals surface area contributed by atoms with Crippen LogP contribution in [0.2, 0.25) is 0 Å². The van der Waals surface area contributed by atoms with Crippen molar-refractivity contribution in [1.82, 2.24) is 14.7 Å². The van der Waals surface area contributed by atoms with Crippen molar-refractivity contribution < 1.29 is 9.59 Å². The third-order valence-corrected chi connectivity index (χ3v) is 5.56. The normalized spacial score (nSPS) is 25.4. The summed E-state index contributed by atoms with van der Waals surface area (Å²) < 4.78 is 0. The molecule has 0 aliphatic carbocycles. The molecule has 2 aliphatic rings. The number of nitrogens with zero attached hydrogens (tertiary/aromatic N) is 3. The number of hydrogen-bond acceptors (Lipinski definition) is 4. The summed E-state index contributed by atoms with van der Waals surface area (Å²) in [6, 6.07) is 4.22. The monoisotopic (exact) mass is 321 g/mol. The molecular formula is C16H23N3O2S. The second-order valence-electron chi connectivity index (χ2n) is 6.48. The molecule has 2 saturated heterocycles. The van der Waals surface area contributed by atoms with E-state index in [-0.39, 0.29) is 24.3 Å². The number of likely N-dealkylation sites (tertiary alicyclic amines) is 2. The van der Waals surface area contributed by atoms with Gasteiger partial charge in [0.05, 0.1) is 12.5 Å². The molecule has 2 fully saturated rings. The lowest BCUT2D eigenvalue weighted by atomic mass is 9.88. The summed E-state index contributed by atoms with van der Waals surface area (Å²) in [7, 11) is 3.47. The third-order valence-electron chi connectivity index (χ3n) is 4.70. The molecule has 2 unspecified atom stereocenters. The maximum absolute atomic E-state index is 12.6. The summed E-state index contributed by atoms with van der Waals surface area (Å²) in [5, 5.41) is 2.10. The first kappa shape index (κ1) is 15.5. The Hall–Kier alpha value is -1.40. The topological polar surface area (TPSA) is 43.9 Å². The lowest BCUT2D eigenvalue weighted by Gasteiger charge is -2.34. The number of amides is 2. The molecule has 2 aliphatic heterocycles. The van der Waals surface area contributed by atoms with Gasteiger partial charge in [0.1, 0.15) is 0 Å². The van der Waals surface area contributed by atoms with Crippen molar-refractivity contribution in [1.29, 1.82) is 0 Å². The van der Waals surface area contributed by atoms with E-state index in [9.17, 15) is 9.59 Å². The van der Waals surface area contributed by atoms with E-state index in [4.69, 9.17) is 0 Å². The Kier molecular flexibility index (Phi) is 4.49. The molecule has 5 nitrogen and oxygen atoms in total. The van der Waals surface area contributed by atoms with E-state index < -0.39 is 0 Å². The number of hydrogen-bond donors (Lipinski definition) is 0. The molecule has 3 heterocycles. The van der Waals surface area contributed by atoms with Crippen molar-refractivity contribution in [2.24, 2.45) is 11.8 Å². The zero-order valence-electron chi connectivity index (χ0n) is 13.2. The summed E-state index contributed by atoms with van der Waals surface area (Å²) in [5.41, 5.74) is 0. The molecular weight excluding hydrogens is 298 g/mol. The fraction of sp³-hybridized carbons (Fsp3) is 0.625. The number of carbonyl (C=O) groups is 2. The van der Waals surface area contributed by atoms with Gasteiger partial charge in [0.15, 0.2) is 0 Å². The molecule has 1 aromatic heterocycles. The van der Waals surface area contributed by atoms with Gasteiger partial charge in [-0.3, -0.25) is 14.5 Å². The van der Waals surface area contributed by atoms with Gasteiger partial charge in [-0.05, 0) is 23.8 Å². The van der Waals surface area contributed by atoms with E-state index in [0.29, 0.717) is 12.5 Å². The molecule has 1 aromatic rings. The first-order valence-corrected chi connectivity index (χ1v) is 8.66. The van der Waals surface area contributed by atoms with Gasteiger partial charge in [-0.1, -0.05) is 6.07 Å². The number of thiophene rings is 1. The number of likely N-dealkylation sites (N-methyl/N-ethyl adjacent to an activating group) is 1. The van der Waals surface area contributed by atoms with E-state index in [0.717, 1.165) is 26.1 Å². The highest BCUT2D eigenvalue weighted by molar-refractivity contribution is 7.09. The van der Waals surface area contributed by atoms with Gasteiger partial charge >= 0.3 is 0 Å². The minimum atomic E-state index is 0.000221. The summed E-state index contributed by atoms with van der Waals surface area (Å²) in [6.45, 7) is 3.71. The second kappa shape index (κ2) is 6.38. The predicted octanol–water partition coefficient (Wildman–Crippen LogP) is 1.12. The van der Waals surface area contributed by atoms with Crippen LogP contribution < -0.4 is 0 Å². The number of piperidine rings is 1. The first-order valence-electron chi connectivity index (χ1n) is 7.78. The van der Waals surface area contributed by atoms with Crippen LogP contribution in [-0.2, 0) is 16.1 Å². The zero-order valence-corrected chi connectivity index (χ0v) is 14.0. The fourth-order valence-electron chi connectivity index (χ4n) is 3.41. The van der Waals surface area contributed by atoms with Gasteiger partial charge in [-0.15, -0.1) is 11.3 Å². The molecule has 2 amide bonds. The van der Waals surface area contributed by atoms with Crippen LogP contribution in [0.25, 0.3) is 0 Å². The largest absolute Gasteiger partial charge is 0.347 e. The molecule has 0 spiro atoms. The Bertz CT molecular complexity index is 544. The van der Waals surface area contributed by atoms with Gasteiger partial charge in [0.25, 0.3) is 0 Å². The summed E-state index contributed by atoms with van der Waals surface area (Å²) in [6.07, 6.45) is 1.01. The average Bonchev–Trinajstić information content (AvgIpc) is 3.11. The third kappa shape index (κ3) is 3.17. The van der Waals surface area contributed by atoms with Gasteiger partial charge in [0, 0.05) is 45.2 Å². The van der Waals surface area contributed by atoms with Gasteiger partial charge in [-0.25, -0.2) is 0 Å². The van der Waals surface area contributed by atoms with Gasteiger partial charge in [0.2, 0.25) is 11.8 Å². The lowest BCUT2D eigenvalue weighted by molar-refractivity contribution is -0.145. The highest BCUT2D eigenvalue weighted by Crippen LogP contribution is 2.33. The quantitative estimate of drug-likeness (QED) is 0.835. The molecule has 2 atom stereocenters. The number of fused-ring (bicyclic) bond motifs is 1. The van der Waals surface area contributed by atoms with Crippen LogP contribution >= 0.6 is 11.3 Å². The molecule has 120 valence electrons. The van der Waals surface area contributed by atoms with Crippen LogP contribution in [0.15, 0.2) is 17.5 Å². The number of carbonyl (C=O) groups excluding carboxylic acids is 2. The van der Waals surface area contributed by atoms with Gasteiger partial charge in [-0.2, -0.15) is 0 Å². The molecule has 0 saturated carbocycles. The Morgan fingerprint density at radius 2 is 2.23 bits per heavy atom. The Morgan fingerprint density at radius 1 is 1.41 bits per heavy atom. The van der Waals surface area contributed by atoms with Crippen LogP contribution in [-0.4, -0.2) is 66.8 Å². The van der Waals surface area contributed by atoms with Gasteiger partial charge < -0.3 is 9.80 Å². The minimum Gasteiger partial charge on any atom is -0.347 e. The molecule has 6 heteroatoms. The van der Waals surface area contributed by atoms with Crippen LogP contribution in [0.1, 0.15) is 11.3 Å². The molecule has 22 heavy (non-hydrogen) atoms. The van der Waals surface area contributed by atoms with Crippen molar-refractivity contribution in [3.63, 3.8) is 0 Å². The Balaban J connectivity index is 1.60. The maximum atomic E-state index is 12.6. The van der Waals surface area contributed by atoms with E-state index in [1.165, 1.54) is 4.88 Å². The molecule has 0 aromatic carbocycles. The van der Waals surface area contributed by atoms with Crippen molar-refractivity contribution in [3.8, 4) is 0 Å². The van der Waals surface area contributed by atoms with E-state index in [1.54, 1.807) is 35.2 Å². The van der Waals surface area contributed by atoms with Crippen LogP contribution in [0.5, 0.6) is 0 Å². The summed E-state index contributed by atoms with van der Waals surface area (Å²) in [5.74, 6) is 0.696. The average molecular weight is 321 g/mol. The van der Waals surface area contributed by atoms with Crippen molar-refractivity contribution in [2.75, 3.05) is 40.3 Å². The van der Waals surface area contributed by atoms with Crippen LogP contribution in [0.3, 0.4) is 0 Å². The second-order valence-corrected chi connectivity index (χ2v) is 7.51. The lowest BCUT2D eigenvalue weighted by Crippen LogP contribution is -2.49. The maximum Gasteiger partial charge on any atom is 0.241 e. The first-order chi connectivity index (χ1) is 10.5. The Labute approximate surface area is 135 Å².